The second-order valence-corrected chi connectivity index (χ2v) is 6.33. The molecular weight excluding hydrogens is 306 g/mol. The molecule has 7 heteroatoms. The molecule has 2 aromatic rings. The quantitative estimate of drug-likeness (QED) is 0.898. The van der Waals surface area contributed by atoms with Crippen molar-refractivity contribution in [1.29, 1.82) is 0 Å². The molecule has 7 nitrogen and oxygen atoms in total. The van der Waals surface area contributed by atoms with Crippen LogP contribution < -0.4 is 14.8 Å². The maximum atomic E-state index is 6.02. The summed E-state index contributed by atoms with van der Waals surface area (Å²) in [6.07, 6.45) is 0. The lowest BCUT2D eigenvalue weighted by atomic mass is 9.99. The van der Waals surface area contributed by atoms with Crippen LogP contribution in [0.2, 0.25) is 0 Å². The van der Waals surface area contributed by atoms with E-state index in [2.05, 4.69) is 32.7 Å². The molecule has 0 unspecified atom stereocenters. The molecule has 0 amide bonds. The molecule has 0 bridgehead atoms. The molecule has 1 aromatic heterocycles. The lowest BCUT2D eigenvalue weighted by Gasteiger charge is -2.27. The molecule has 1 saturated heterocycles. The molecule has 2 aliphatic rings. The predicted octanol–water partition coefficient (Wildman–Crippen LogP) is 0.868. The Morgan fingerprint density at radius 1 is 1.25 bits per heavy atom. The third-order valence-electron chi connectivity index (χ3n) is 4.74. The van der Waals surface area contributed by atoms with Gasteiger partial charge in [0.2, 0.25) is 5.88 Å². The highest BCUT2D eigenvalue weighted by Gasteiger charge is 2.26. The molecule has 24 heavy (non-hydrogen) atoms. The van der Waals surface area contributed by atoms with E-state index >= 15 is 0 Å². The standard InChI is InChI=1S/C17H23N5O2/c1-23-15-4-2-13(3-5-15)14-10-22-17(24-12-14)16(19-20-22)11-21-8-6-18-7-9-21/h2-5,14,18H,6-12H2,1H3/t14-/m0/s1. The largest absolute Gasteiger partial charge is 0.497 e. The molecule has 0 saturated carbocycles. The van der Waals surface area contributed by atoms with Gasteiger partial charge in [0.05, 0.1) is 20.3 Å². The summed E-state index contributed by atoms with van der Waals surface area (Å²) in [7, 11) is 1.68. The highest BCUT2D eigenvalue weighted by molar-refractivity contribution is 5.30. The minimum absolute atomic E-state index is 0.289. The molecule has 1 atom stereocenters. The van der Waals surface area contributed by atoms with Crippen molar-refractivity contribution in [1.82, 2.24) is 25.2 Å². The van der Waals surface area contributed by atoms with E-state index in [1.54, 1.807) is 7.11 Å². The Morgan fingerprint density at radius 2 is 2.04 bits per heavy atom. The molecule has 0 spiro atoms. The maximum Gasteiger partial charge on any atom is 0.237 e. The zero-order valence-corrected chi connectivity index (χ0v) is 13.9. The summed E-state index contributed by atoms with van der Waals surface area (Å²) in [6.45, 7) is 6.42. The van der Waals surface area contributed by atoms with Gasteiger partial charge in [0.25, 0.3) is 0 Å². The van der Waals surface area contributed by atoms with Gasteiger partial charge in [-0.2, -0.15) is 0 Å². The molecule has 1 N–H and O–H groups in total. The van der Waals surface area contributed by atoms with Crippen LogP contribution in [-0.4, -0.2) is 59.8 Å². The Balaban J connectivity index is 1.45. The van der Waals surface area contributed by atoms with Crippen molar-refractivity contribution in [2.45, 2.75) is 19.0 Å². The van der Waals surface area contributed by atoms with Crippen molar-refractivity contribution >= 4 is 0 Å². The first-order valence-electron chi connectivity index (χ1n) is 8.45. The minimum atomic E-state index is 0.289. The van der Waals surface area contributed by atoms with E-state index in [0.717, 1.165) is 56.6 Å². The SMILES string of the molecule is COc1ccc([C@@H]2COc3c(CN4CCNCC4)nnn3C2)cc1. The minimum Gasteiger partial charge on any atom is -0.497 e. The van der Waals surface area contributed by atoms with E-state index in [9.17, 15) is 0 Å². The van der Waals surface area contributed by atoms with Gasteiger partial charge in [0, 0.05) is 38.6 Å². The Labute approximate surface area is 141 Å². The number of hydrogen-bond acceptors (Lipinski definition) is 6. The Morgan fingerprint density at radius 3 is 2.79 bits per heavy atom. The van der Waals surface area contributed by atoms with Crippen LogP contribution in [0.25, 0.3) is 0 Å². The number of nitrogens with one attached hydrogen (secondary N) is 1. The summed E-state index contributed by atoms with van der Waals surface area (Å²) >= 11 is 0. The van der Waals surface area contributed by atoms with Crippen LogP contribution in [0.4, 0.5) is 0 Å². The van der Waals surface area contributed by atoms with Crippen molar-refractivity contribution in [2.75, 3.05) is 39.9 Å². The van der Waals surface area contributed by atoms with Gasteiger partial charge in [0.1, 0.15) is 11.4 Å². The molecule has 3 heterocycles. The fourth-order valence-corrected chi connectivity index (χ4v) is 3.32. The third kappa shape index (κ3) is 3.09. The summed E-state index contributed by atoms with van der Waals surface area (Å²) < 4.78 is 13.1. The number of ether oxygens (including phenoxy) is 2. The fourth-order valence-electron chi connectivity index (χ4n) is 3.32. The molecule has 4 rings (SSSR count). The normalized spacial score (nSPS) is 21.1. The summed E-state index contributed by atoms with van der Waals surface area (Å²) in [4.78, 5) is 2.39. The molecule has 2 aliphatic heterocycles. The first kappa shape index (κ1) is 15.4. The number of fused-ring (bicyclic) bond motifs is 1. The zero-order chi connectivity index (χ0) is 16.4. The fraction of sp³-hybridized carbons (Fsp3) is 0.529. The third-order valence-corrected chi connectivity index (χ3v) is 4.74. The first-order chi connectivity index (χ1) is 11.8. The van der Waals surface area contributed by atoms with Crippen LogP contribution in [-0.2, 0) is 13.1 Å². The monoisotopic (exact) mass is 329 g/mol. The maximum absolute atomic E-state index is 6.02. The van der Waals surface area contributed by atoms with Gasteiger partial charge in [-0.3, -0.25) is 4.90 Å². The average molecular weight is 329 g/mol. The van der Waals surface area contributed by atoms with Crippen molar-refractivity contribution in [2.24, 2.45) is 0 Å². The number of nitrogens with zero attached hydrogens (tertiary/aromatic N) is 4. The van der Waals surface area contributed by atoms with E-state index in [-0.39, 0.29) is 5.92 Å². The number of rotatable bonds is 4. The summed E-state index contributed by atoms with van der Waals surface area (Å²) in [5.41, 5.74) is 2.19. The van der Waals surface area contributed by atoms with Gasteiger partial charge >= 0.3 is 0 Å². The molecule has 1 aromatic carbocycles. The van der Waals surface area contributed by atoms with Crippen LogP contribution >= 0.6 is 0 Å². The van der Waals surface area contributed by atoms with Crippen LogP contribution in [0.5, 0.6) is 11.6 Å². The molecule has 0 aliphatic carbocycles. The van der Waals surface area contributed by atoms with Crippen LogP contribution in [0.15, 0.2) is 24.3 Å². The second-order valence-electron chi connectivity index (χ2n) is 6.33. The van der Waals surface area contributed by atoms with Crippen LogP contribution in [0.1, 0.15) is 17.2 Å². The summed E-state index contributed by atoms with van der Waals surface area (Å²) in [6, 6.07) is 8.16. The van der Waals surface area contributed by atoms with Gasteiger partial charge in [-0.1, -0.05) is 17.3 Å². The van der Waals surface area contributed by atoms with E-state index in [1.165, 1.54) is 5.56 Å². The smallest absolute Gasteiger partial charge is 0.237 e. The average Bonchev–Trinajstić information content (AvgIpc) is 3.05. The molecular formula is C17H23N5O2. The van der Waals surface area contributed by atoms with E-state index in [4.69, 9.17) is 9.47 Å². The lowest BCUT2D eigenvalue weighted by molar-refractivity contribution is 0.192. The number of methoxy groups -OCH3 is 1. The Kier molecular flexibility index (Phi) is 4.36. The first-order valence-corrected chi connectivity index (χ1v) is 8.45. The number of aromatic nitrogens is 3. The summed E-state index contributed by atoms with van der Waals surface area (Å²) in [5, 5.41) is 12.0. The second kappa shape index (κ2) is 6.78. The Bertz CT molecular complexity index is 679. The lowest BCUT2D eigenvalue weighted by Crippen LogP contribution is -2.43. The zero-order valence-electron chi connectivity index (χ0n) is 13.9. The summed E-state index contributed by atoms with van der Waals surface area (Å²) in [5.74, 6) is 1.99. The van der Waals surface area contributed by atoms with Gasteiger partial charge in [0.15, 0.2) is 0 Å². The van der Waals surface area contributed by atoms with Gasteiger partial charge < -0.3 is 14.8 Å². The predicted molar refractivity (Wildman–Crippen MR) is 89.4 cm³/mol. The van der Waals surface area contributed by atoms with E-state index < -0.39 is 0 Å². The van der Waals surface area contributed by atoms with E-state index in [0.29, 0.717) is 6.61 Å². The molecule has 128 valence electrons. The number of hydrogen-bond donors (Lipinski definition) is 1. The van der Waals surface area contributed by atoms with Crippen molar-refractivity contribution in [3.63, 3.8) is 0 Å². The van der Waals surface area contributed by atoms with Gasteiger partial charge in [-0.15, -0.1) is 5.10 Å². The van der Waals surface area contributed by atoms with Crippen molar-refractivity contribution in [3.8, 4) is 11.6 Å². The van der Waals surface area contributed by atoms with Crippen LogP contribution in [0.3, 0.4) is 0 Å². The van der Waals surface area contributed by atoms with E-state index in [1.807, 2.05) is 16.8 Å². The van der Waals surface area contributed by atoms with Gasteiger partial charge in [-0.05, 0) is 17.7 Å². The molecule has 0 radical (unpaired) electrons. The number of piperazine rings is 1. The Hall–Kier alpha value is -2.12. The van der Waals surface area contributed by atoms with Crippen molar-refractivity contribution < 1.29 is 9.47 Å². The highest BCUT2D eigenvalue weighted by atomic mass is 16.5. The van der Waals surface area contributed by atoms with Crippen molar-refractivity contribution in [3.05, 3.63) is 35.5 Å². The van der Waals surface area contributed by atoms with Gasteiger partial charge in [-0.25, -0.2) is 4.68 Å². The van der Waals surface area contributed by atoms with Crippen LogP contribution in [0, 0.1) is 0 Å². The molecule has 1 fully saturated rings. The highest BCUT2D eigenvalue weighted by Crippen LogP contribution is 2.29. The topological polar surface area (TPSA) is 64.4 Å². The number of benzene rings is 1.